The Morgan fingerprint density at radius 1 is 1.23 bits per heavy atom. The molecule has 1 amide bonds. The second-order valence-electron chi connectivity index (χ2n) is 7.36. The Labute approximate surface area is 136 Å². The second-order valence-corrected chi connectivity index (χ2v) is 7.36. The van der Waals surface area contributed by atoms with Crippen molar-refractivity contribution in [2.24, 2.45) is 17.8 Å². The van der Waals surface area contributed by atoms with Crippen LogP contribution in [0.3, 0.4) is 0 Å². The molecule has 3 heteroatoms. The van der Waals surface area contributed by atoms with Gasteiger partial charge in [-0.3, -0.25) is 4.79 Å². The first-order chi connectivity index (χ1) is 10.7. The van der Waals surface area contributed by atoms with Crippen molar-refractivity contribution in [1.82, 2.24) is 10.2 Å². The van der Waals surface area contributed by atoms with Crippen LogP contribution in [-0.4, -0.2) is 37.0 Å². The summed E-state index contributed by atoms with van der Waals surface area (Å²) in [6, 6.07) is 0. The van der Waals surface area contributed by atoms with Crippen LogP contribution in [0.5, 0.6) is 0 Å². The fourth-order valence-electron chi connectivity index (χ4n) is 4.10. The summed E-state index contributed by atoms with van der Waals surface area (Å²) in [5, 5.41) is 3.41. The van der Waals surface area contributed by atoms with E-state index in [1.807, 2.05) is 6.08 Å². The Hall–Kier alpha value is -0.830. The average molecular weight is 306 g/mol. The van der Waals surface area contributed by atoms with E-state index in [2.05, 4.69) is 23.7 Å². The monoisotopic (exact) mass is 306 g/mol. The van der Waals surface area contributed by atoms with Gasteiger partial charge in [-0.1, -0.05) is 32.3 Å². The number of carbonyl (C=O) groups excluding carboxylic acids is 1. The van der Waals surface area contributed by atoms with Crippen molar-refractivity contribution in [3.8, 4) is 0 Å². The van der Waals surface area contributed by atoms with Crippen molar-refractivity contribution in [3.63, 3.8) is 0 Å². The minimum absolute atomic E-state index is 0.344. The van der Waals surface area contributed by atoms with Crippen LogP contribution in [0, 0.1) is 17.8 Å². The Bertz CT molecular complexity index is 343. The number of carbonyl (C=O) groups is 1. The summed E-state index contributed by atoms with van der Waals surface area (Å²) in [7, 11) is 0. The van der Waals surface area contributed by atoms with E-state index in [0.717, 1.165) is 19.6 Å². The minimum Gasteiger partial charge on any atom is -0.339 e. The van der Waals surface area contributed by atoms with E-state index in [9.17, 15) is 4.79 Å². The maximum Gasteiger partial charge on any atom is 0.223 e. The summed E-state index contributed by atoms with van der Waals surface area (Å²) >= 11 is 0. The van der Waals surface area contributed by atoms with E-state index in [-0.39, 0.29) is 0 Å². The van der Waals surface area contributed by atoms with Crippen molar-refractivity contribution in [2.45, 2.75) is 58.3 Å². The first-order valence-corrected chi connectivity index (χ1v) is 9.30. The van der Waals surface area contributed by atoms with Crippen LogP contribution < -0.4 is 5.32 Å². The molecule has 0 bridgehead atoms. The average Bonchev–Trinajstić information content (AvgIpc) is 2.56. The zero-order chi connectivity index (χ0) is 15.8. The Morgan fingerprint density at radius 2 is 1.91 bits per heavy atom. The van der Waals surface area contributed by atoms with Gasteiger partial charge in [0.25, 0.3) is 0 Å². The number of piperidine rings is 1. The predicted molar refractivity (Wildman–Crippen MR) is 92.7 cm³/mol. The highest BCUT2D eigenvalue weighted by atomic mass is 16.2. The lowest BCUT2D eigenvalue weighted by Gasteiger charge is -2.32. The molecule has 1 aliphatic heterocycles. The summed E-state index contributed by atoms with van der Waals surface area (Å²) in [5.74, 6) is 2.28. The third kappa shape index (κ3) is 5.42. The zero-order valence-corrected chi connectivity index (χ0v) is 14.4. The molecule has 2 aliphatic rings. The summed E-state index contributed by atoms with van der Waals surface area (Å²) in [6.07, 6.45) is 11.7. The van der Waals surface area contributed by atoms with Crippen LogP contribution in [0.25, 0.3) is 0 Å². The van der Waals surface area contributed by atoms with Crippen LogP contribution in [0.1, 0.15) is 58.3 Å². The molecule has 3 nitrogen and oxygen atoms in total. The molecule has 1 unspecified atom stereocenters. The molecule has 1 saturated heterocycles. The molecule has 0 aromatic rings. The molecule has 0 radical (unpaired) electrons. The van der Waals surface area contributed by atoms with E-state index in [1.54, 1.807) is 0 Å². The summed E-state index contributed by atoms with van der Waals surface area (Å²) in [5.41, 5.74) is 0. The number of rotatable bonds is 7. The lowest BCUT2D eigenvalue weighted by Crippen LogP contribution is -2.38. The molecule has 1 saturated carbocycles. The largest absolute Gasteiger partial charge is 0.339 e. The highest BCUT2D eigenvalue weighted by molar-refractivity contribution is 5.76. The SMILES string of the molecule is C=CCN(CC1CCCCC1)C(=O)CC(C)C1CCNCC1. The molecule has 0 aromatic carbocycles. The first-order valence-electron chi connectivity index (χ1n) is 9.30. The summed E-state index contributed by atoms with van der Waals surface area (Å²) in [6.45, 7) is 10.00. The molecule has 1 heterocycles. The van der Waals surface area contributed by atoms with Gasteiger partial charge in [-0.05, 0) is 56.5 Å². The summed E-state index contributed by atoms with van der Waals surface area (Å²) in [4.78, 5) is 14.8. The number of hydrogen-bond donors (Lipinski definition) is 1. The number of amides is 1. The van der Waals surface area contributed by atoms with Crippen LogP contribution in [0.2, 0.25) is 0 Å². The molecule has 1 N–H and O–H groups in total. The number of hydrogen-bond acceptors (Lipinski definition) is 2. The molecule has 1 atom stereocenters. The van der Waals surface area contributed by atoms with Gasteiger partial charge in [0, 0.05) is 19.5 Å². The lowest BCUT2D eigenvalue weighted by molar-refractivity contribution is -0.132. The topological polar surface area (TPSA) is 32.3 Å². The quantitative estimate of drug-likeness (QED) is 0.729. The van der Waals surface area contributed by atoms with E-state index in [4.69, 9.17) is 0 Å². The van der Waals surface area contributed by atoms with Gasteiger partial charge in [-0.25, -0.2) is 0 Å². The molecule has 126 valence electrons. The highest BCUT2D eigenvalue weighted by Crippen LogP contribution is 2.27. The van der Waals surface area contributed by atoms with Crippen LogP contribution in [0.15, 0.2) is 12.7 Å². The van der Waals surface area contributed by atoms with Crippen molar-refractivity contribution >= 4 is 5.91 Å². The van der Waals surface area contributed by atoms with Crippen LogP contribution >= 0.6 is 0 Å². The van der Waals surface area contributed by atoms with Gasteiger partial charge < -0.3 is 10.2 Å². The number of nitrogens with zero attached hydrogens (tertiary/aromatic N) is 1. The van der Waals surface area contributed by atoms with Gasteiger partial charge in [-0.15, -0.1) is 6.58 Å². The molecular weight excluding hydrogens is 272 g/mol. The smallest absolute Gasteiger partial charge is 0.223 e. The molecule has 1 aliphatic carbocycles. The van der Waals surface area contributed by atoms with E-state index >= 15 is 0 Å². The van der Waals surface area contributed by atoms with Gasteiger partial charge in [0.05, 0.1) is 0 Å². The molecule has 2 rings (SSSR count). The fraction of sp³-hybridized carbons (Fsp3) is 0.842. The van der Waals surface area contributed by atoms with Gasteiger partial charge in [0.15, 0.2) is 0 Å². The van der Waals surface area contributed by atoms with Crippen molar-refractivity contribution in [2.75, 3.05) is 26.2 Å². The van der Waals surface area contributed by atoms with Gasteiger partial charge >= 0.3 is 0 Å². The van der Waals surface area contributed by atoms with E-state index in [0.29, 0.717) is 36.6 Å². The lowest BCUT2D eigenvalue weighted by atomic mass is 9.83. The second kappa shape index (κ2) is 9.34. The Balaban J connectivity index is 1.83. The molecule has 2 fully saturated rings. The predicted octanol–water partition coefficient (Wildman–Crippen LogP) is 3.61. The Kier molecular flexibility index (Phi) is 7.44. The minimum atomic E-state index is 0.344. The first kappa shape index (κ1) is 17.5. The van der Waals surface area contributed by atoms with Gasteiger partial charge in [-0.2, -0.15) is 0 Å². The maximum atomic E-state index is 12.7. The molecule has 22 heavy (non-hydrogen) atoms. The molecular formula is C19H34N2O. The fourth-order valence-corrected chi connectivity index (χ4v) is 4.10. The van der Waals surface area contributed by atoms with Gasteiger partial charge in [0.1, 0.15) is 0 Å². The standard InChI is InChI=1S/C19H34N2O/c1-3-13-21(15-17-7-5-4-6-8-17)19(22)14-16(2)18-9-11-20-12-10-18/h3,16-18,20H,1,4-15H2,2H3. The maximum absolute atomic E-state index is 12.7. The molecule has 0 aromatic heterocycles. The van der Waals surface area contributed by atoms with Crippen LogP contribution in [0.4, 0.5) is 0 Å². The van der Waals surface area contributed by atoms with Crippen molar-refractivity contribution in [3.05, 3.63) is 12.7 Å². The Morgan fingerprint density at radius 3 is 2.55 bits per heavy atom. The number of nitrogens with one attached hydrogen (secondary N) is 1. The summed E-state index contributed by atoms with van der Waals surface area (Å²) < 4.78 is 0. The third-order valence-electron chi connectivity index (χ3n) is 5.59. The molecule has 0 spiro atoms. The normalized spacial score (nSPS) is 22.2. The van der Waals surface area contributed by atoms with Crippen LogP contribution in [-0.2, 0) is 4.79 Å². The van der Waals surface area contributed by atoms with E-state index < -0.39 is 0 Å². The van der Waals surface area contributed by atoms with Crippen molar-refractivity contribution < 1.29 is 4.79 Å². The third-order valence-corrected chi connectivity index (χ3v) is 5.59. The zero-order valence-electron chi connectivity index (χ0n) is 14.4. The van der Waals surface area contributed by atoms with Gasteiger partial charge in [0.2, 0.25) is 5.91 Å². The highest BCUT2D eigenvalue weighted by Gasteiger charge is 2.25. The van der Waals surface area contributed by atoms with Crippen molar-refractivity contribution in [1.29, 1.82) is 0 Å². The van der Waals surface area contributed by atoms with E-state index in [1.165, 1.54) is 44.9 Å².